The van der Waals surface area contributed by atoms with Gasteiger partial charge in [-0.3, -0.25) is 4.79 Å². The molecule has 1 unspecified atom stereocenters. The Morgan fingerprint density at radius 1 is 1.36 bits per heavy atom. The molecule has 0 saturated heterocycles. The number of aryl methyl sites for hydroxylation is 1. The van der Waals surface area contributed by atoms with E-state index in [1.807, 2.05) is 6.92 Å². The van der Waals surface area contributed by atoms with Crippen molar-refractivity contribution < 1.29 is 23.8 Å². The molecule has 2 heterocycles. The van der Waals surface area contributed by atoms with Crippen molar-refractivity contribution in [2.45, 2.75) is 20.0 Å². The molecule has 0 fully saturated rings. The van der Waals surface area contributed by atoms with Crippen molar-refractivity contribution in [3.8, 4) is 11.5 Å². The van der Waals surface area contributed by atoms with Crippen LogP contribution in [0.5, 0.6) is 11.5 Å². The highest BCUT2D eigenvalue weighted by Crippen LogP contribution is 2.42. The third kappa shape index (κ3) is 3.58. The molecule has 0 amide bonds. The number of phenols is 1. The molecule has 0 spiro atoms. The number of ether oxygens (including phenoxy) is 1. The van der Waals surface area contributed by atoms with Crippen molar-refractivity contribution in [1.82, 2.24) is 5.32 Å². The van der Waals surface area contributed by atoms with Gasteiger partial charge in [-0.2, -0.15) is 0 Å². The molecule has 7 nitrogen and oxygen atoms in total. The fourth-order valence-electron chi connectivity index (χ4n) is 2.59. The maximum absolute atomic E-state index is 12.1. The van der Waals surface area contributed by atoms with Crippen LogP contribution >= 0.6 is 12.4 Å². The van der Waals surface area contributed by atoms with Gasteiger partial charge in [0.25, 0.3) is 0 Å². The van der Waals surface area contributed by atoms with Gasteiger partial charge >= 0.3 is 0 Å². The molecule has 0 radical (unpaired) electrons. The molecular formula is C17H20ClNO6. The van der Waals surface area contributed by atoms with Crippen molar-refractivity contribution in [2.75, 3.05) is 19.7 Å². The molecule has 0 aliphatic heterocycles. The lowest BCUT2D eigenvalue weighted by atomic mass is 10.1. The van der Waals surface area contributed by atoms with Crippen molar-refractivity contribution >= 4 is 34.3 Å². The van der Waals surface area contributed by atoms with E-state index in [2.05, 4.69) is 5.32 Å². The number of aliphatic hydroxyl groups is 1. The number of fused-ring (bicyclic) bond motifs is 2. The summed E-state index contributed by atoms with van der Waals surface area (Å²) in [7, 11) is 0. The number of rotatable bonds is 6. The predicted molar refractivity (Wildman–Crippen MR) is 96.0 cm³/mol. The summed E-state index contributed by atoms with van der Waals surface area (Å²) in [6.45, 7) is 4.75. The van der Waals surface area contributed by atoms with Crippen LogP contribution in [-0.4, -0.2) is 36.0 Å². The topological polar surface area (TPSA) is 105 Å². The van der Waals surface area contributed by atoms with Crippen molar-refractivity contribution in [3.63, 3.8) is 0 Å². The molecule has 0 aliphatic rings. The number of phenolic OH excluding ortho intramolecular Hbond substituents is 1. The second kappa shape index (κ2) is 7.77. The summed E-state index contributed by atoms with van der Waals surface area (Å²) in [5.41, 5.74) is -0.00690. The van der Waals surface area contributed by atoms with E-state index in [-0.39, 0.29) is 52.5 Å². The second-order valence-electron chi connectivity index (χ2n) is 5.54. The van der Waals surface area contributed by atoms with E-state index in [1.54, 1.807) is 13.0 Å². The third-order valence-corrected chi connectivity index (χ3v) is 3.69. The molecule has 3 rings (SSSR count). The summed E-state index contributed by atoms with van der Waals surface area (Å²) in [5.74, 6) is 0.548. The Balaban J connectivity index is 0.00000225. The van der Waals surface area contributed by atoms with Gasteiger partial charge in [0.15, 0.2) is 16.6 Å². The third-order valence-electron chi connectivity index (χ3n) is 3.69. The maximum atomic E-state index is 12.1. The van der Waals surface area contributed by atoms with Crippen LogP contribution < -0.4 is 15.5 Å². The number of hydrogen-bond donors (Lipinski definition) is 3. The van der Waals surface area contributed by atoms with E-state index in [9.17, 15) is 15.0 Å². The molecule has 136 valence electrons. The first-order valence-corrected chi connectivity index (χ1v) is 7.71. The van der Waals surface area contributed by atoms with Gasteiger partial charge in [-0.15, -0.1) is 12.4 Å². The van der Waals surface area contributed by atoms with Gasteiger partial charge in [-0.1, -0.05) is 6.92 Å². The smallest absolute Gasteiger partial charge is 0.206 e. The van der Waals surface area contributed by atoms with Crippen LogP contribution in [0.25, 0.3) is 21.9 Å². The summed E-state index contributed by atoms with van der Waals surface area (Å²) in [5, 5.41) is 23.7. The summed E-state index contributed by atoms with van der Waals surface area (Å²) < 4.78 is 16.7. The van der Waals surface area contributed by atoms with Crippen LogP contribution in [0.1, 0.15) is 12.7 Å². The molecule has 0 aliphatic carbocycles. The zero-order valence-electron chi connectivity index (χ0n) is 13.9. The molecule has 0 bridgehead atoms. The summed E-state index contributed by atoms with van der Waals surface area (Å²) in [6, 6.07) is 2.85. The molecule has 8 heteroatoms. The zero-order chi connectivity index (χ0) is 17.3. The summed E-state index contributed by atoms with van der Waals surface area (Å²) in [4.78, 5) is 12.1. The quantitative estimate of drug-likeness (QED) is 0.612. The number of aromatic hydroxyl groups is 1. The molecule has 1 aromatic carbocycles. The van der Waals surface area contributed by atoms with E-state index in [0.717, 1.165) is 6.54 Å². The van der Waals surface area contributed by atoms with Crippen LogP contribution in [0.3, 0.4) is 0 Å². The first-order chi connectivity index (χ1) is 11.5. The SMILES string of the molecule is CCNCC(O)COc1c2oc(C)cc2c(O)c2c(=O)ccoc12.Cl. The lowest BCUT2D eigenvalue weighted by Gasteiger charge is -2.14. The summed E-state index contributed by atoms with van der Waals surface area (Å²) in [6.07, 6.45) is 0.489. The fourth-order valence-corrected chi connectivity index (χ4v) is 2.59. The number of furan rings is 1. The first kappa shape index (κ1) is 19.1. The van der Waals surface area contributed by atoms with Gasteiger partial charge in [0.05, 0.1) is 11.6 Å². The number of hydrogen-bond acceptors (Lipinski definition) is 7. The second-order valence-corrected chi connectivity index (χ2v) is 5.54. The Kier molecular flexibility index (Phi) is 5.94. The fraction of sp³-hybridized carbons (Fsp3) is 0.353. The molecule has 2 aromatic heterocycles. The normalized spacial score (nSPS) is 12.3. The zero-order valence-corrected chi connectivity index (χ0v) is 14.7. The Labute approximate surface area is 149 Å². The van der Waals surface area contributed by atoms with Crippen molar-refractivity contribution in [1.29, 1.82) is 0 Å². The lowest BCUT2D eigenvalue weighted by molar-refractivity contribution is 0.107. The van der Waals surface area contributed by atoms with Gasteiger partial charge in [0.1, 0.15) is 29.6 Å². The van der Waals surface area contributed by atoms with E-state index in [0.29, 0.717) is 17.7 Å². The minimum Gasteiger partial charge on any atom is -0.506 e. The highest BCUT2D eigenvalue weighted by molar-refractivity contribution is 6.06. The van der Waals surface area contributed by atoms with E-state index >= 15 is 0 Å². The number of benzene rings is 1. The largest absolute Gasteiger partial charge is 0.506 e. The Morgan fingerprint density at radius 3 is 2.84 bits per heavy atom. The standard InChI is InChI=1S/C17H19NO6.ClH/c1-3-18-7-10(19)8-23-17-15-11(6-9(2)24-15)14(21)13-12(20)4-5-22-16(13)17;/h4-6,10,18-19,21H,3,7-8H2,1-2H3;1H. The average molecular weight is 370 g/mol. The highest BCUT2D eigenvalue weighted by atomic mass is 35.5. The van der Waals surface area contributed by atoms with Gasteiger partial charge in [0.2, 0.25) is 5.75 Å². The van der Waals surface area contributed by atoms with E-state index in [1.165, 1.54) is 12.3 Å². The van der Waals surface area contributed by atoms with Crippen molar-refractivity contribution in [2.24, 2.45) is 0 Å². The molecule has 0 saturated carbocycles. The molecule has 25 heavy (non-hydrogen) atoms. The highest BCUT2D eigenvalue weighted by Gasteiger charge is 2.22. The Hall–Kier alpha value is -2.22. The van der Waals surface area contributed by atoms with Crippen molar-refractivity contribution in [3.05, 3.63) is 34.4 Å². The minimum atomic E-state index is -0.740. The molecule has 3 aromatic rings. The maximum Gasteiger partial charge on any atom is 0.206 e. The van der Waals surface area contributed by atoms with Crippen LogP contribution in [0.15, 0.2) is 32.0 Å². The monoisotopic (exact) mass is 369 g/mol. The van der Waals surface area contributed by atoms with E-state index < -0.39 is 6.10 Å². The predicted octanol–water partition coefficient (Wildman–Crippen LogP) is 2.32. The van der Waals surface area contributed by atoms with Gasteiger partial charge in [0, 0.05) is 12.6 Å². The van der Waals surface area contributed by atoms with Crippen LogP contribution in [0, 0.1) is 6.92 Å². The summed E-state index contributed by atoms with van der Waals surface area (Å²) >= 11 is 0. The first-order valence-electron chi connectivity index (χ1n) is 7.71. The van der Waals surface area contributed by atoms with E-state index in [4.69, 9.17) is 13.6 Å². The molecule has 1 atom stereocenters. The number of aliphatic hydroxyl groups excluding tert-OH is 1. The number of halogens is 1. The minimum absolute atomic E-state index is 0. The number of nitrogens with one attached hydrogen (secondary N) is 1. The Morgan fingerprint density at radius 2 is 2.12 bits per heavy atom. The van der Waals surface area contributed by atoms with Gasteiger partial charge < -0.3 is 29.1 Å². The number of likely N-dealkylation sites (N-methyl/N-ethyl adjacent to an activating group) is 1. The van der Waals surface area contributed by atoms with Crippen LogP contribution in [0.2, 0.25) is 0 Å². The molecular weight excluding hydrogens is 350 g/mol. The van der Waals surface area contributed by atoms with Crippen LogP contribution in [0.4, 0.5) is 0 Å². The molecule has 3 N–H and O–H groups in total. The Bertz CT molecular complexity index is 932. The van der Waals surface area contributed by atoms with Gasteiger partial charge in [-0.25, -0.2) is 0 Å². The lowest BCUT2D eigenvalue weighted by Crippen LogP contribution is -2.31. The average Bonchev–Trinajstić information content (AvgIpc) is 2.94. The van der Waals surface area contributed by atoms with Gasteiger partial charge in [-0.05, 0) is 19.5 Å². The van der Waals surface area contributed by atoms with Crippen LogP contribution in [-0.2, 0) is 0 Å².